The number of anilines is 2. The van der Waals surface area contributed by atoms with Gasteiger partial charge in [-0.2, -0.15) is 0 Å². The summed E-state index contributed by atoms with van der Waals surface area (Å²) in [6.45, 7) is 5.94. The van der Waals surface area contributed by atoms with E-state index in [2.05, 4.69) is 10.6 Å². The van der Waals surface area contributed by atoms with Gasteiger partial charge in [0.2, 0.25) is 11.8 Å². The highest BCUT2D eigenvalue weighted by Gasteiger charge is 2.48. The summed E-state index contributed by atoms with van der Waals surface area (Å²) in [5.41, 5.74) is 4.83. The average molecular weight is 322 g/mol. The van der Waals surface area contributed by atoms with Crippen LogP contribution in [-0.4, -0.2) is 11.8 Å². The first-order chi connectivity index (χ1) is 11.5. The lowest BCUT2D eigenvalue weighted by Crippen LogP contribution is -2.21. The largest absolute Gasteiger partial charge is 0.326 e. The lowest BCUT2D eigenvalue weighted by atomic mass is 10.1. The van der Waals surface area contributed by atoms with Gasteiger partial charge in [0.05, 0.1) is 11.8 Å². The van der Waals surface area contributed by atoms with E-state index >= 15 is 0 Å². The van der Waals surface area contributed by atoms with Crippen LogP contribution in [0.3, 0.4) is 0 Å². The molecule has 4 heteroatoms. The number of para-hydroxylation sites is 1. The summed E-state index contributed by atoms with van der Waals surface area (Å²) in [5, 5.41) is 5.86. The molecule has 24 heavy (non-hydrogen) atoms. The number of rotatable bonds is 4. The van der Waals surface area contributed by atoms with Crippen LogP contribution in [0, 0.1) is 32.6 Å². The highest BCUT2D eigenvalue weighted by atomic mass is 16.2. The maximum Gasteiger partial charge on any atom is 0.228 e. The molecule has 124 valence electrons. The van der Waals surface area contributed by atoms with E-state index in [4.69, 9.17) is 0 Å². The van der Waals surface area contributed by atoms with Gasteiger partial charge in [0.1, 0.15) is 0 Å². The number of aryl methyl sites for hydroxylation is 3. The fourth-order valence-electron chi connectivity index (χ4n) is 2.87. The van der Waals surface area contributed by atoms with E-state index in [0.717, 1.165) is 28.1 Å². The van der Waals surface area contributed by atoms with Gasteiger partial charge >= 0.3 is 0 Å². The third-order valence-corrected chi connectivity index (χ3v) is 4.51. The average Bonchev–Trinajstić information content (AvgIpc) is 3.34. The van der Waals surface area contributed by atoms with Crippen LogP contribution in [0.5, 0.6) is 0 Å². The summed E-state index contributed by atoms with van der Waals surface area (Å²) in [6, 6.07) is 13.6. The number of carbonyl (C=O) groups is 2. The Balaban J connectivity index is 1.59. The molecular weight excluding hydrogens is 300 g/mol. The van der Waals surface area contributed by atoms with Gasteiger partial charge in [0.15, 0.2) is 0 Å². The lowest BCUT2D eigenvalue weighted by Gasteiger charge is -2.11. The quantitative estimate of drug-likeness (QED) is 0.899. The van der Waals surface area contributed by atoms with Crippen molar-refractivity contribution in [1.82, 2.24) is 0 Å². The second-order valence-electron chi connectivity index (χ2n) is 6.56. The number of benzene rings is 2. The Kier molecular flexibility index (Phi) is 4.38. The van der Waals surface area contributed by atoms with Crippen LogP contribution in [0.2, 0.25) is 0 Å². The molecule has 0 radical (unpaired) electrons. The highest BCUT2D eigenvalue weighted by molar-refractivity contribution is 6.03. The first kappa shape index (κ1) is 16.2. The summed E-state index contributed by atoms with van der Waals surface area (Å²) in [4.78, 5) is 24.7. The van der Waals surface area contributed by atoms with Crippen molar-refractivity contribution < 1.29 is 9.59 Å². The van der Waals surface area contributed by atoms with Crippen LogP contribution in [0.1, 0.15) is 23.1 Å². The topological polar surface area (TPSA) is 58.2 Å². The SMILES string of the molecule is Cc1ccc(NC(=O)C2CC2C(=O)Nc2c(C)cccc2C)cc1. The molecule has 2 atom stereocenters. The van der Waals surface area contributed by atoms with E-state index in [0.29, 0.717) is 6.42 Å². The minimum atomic E-state index is -0.241. The molecule has 1 saturated carbocycles. The number of hydrogen-bond acceptors (Lipinski definition) is 2. The first-order valence-electron chi connectivity index (χ1n) is 8.20. The van der Waals surface area contributed by atoms with Crippen molar-refractivity contribution in [3.05, 3.63) is 59.2 Å². The summed E-state index contributed by atoms with van der Waals surface area (Å²) in [5.74, 6) is -0.637. The zero-order valence-electron chi connectivity index (χ0n) is 14.2. The van der Waals surface area contributed by atoms with Crippen molar-refractivity contribution in [2.75, 3.05) is 10.6 Å². The van der Waals surface area contributed by atoms with Gasteiger partial charge < -0.3 is 10.6 Å². The molecule has 0 spiro atoms. The molecule has 0 aromatic heterocycles. The molecule has 3 rings (SSSR count). The minimum Gasteiger partial charge on any atom is -0.326 e. The lowest BCUT2D eigenvalue weighted by molar-refractivity contribution is -0.122. The van der Waals surface area contributed by atoms with Gasteiger partial charge in [-0.1, -0.05) is 35.9 Å². The highest BCUT2D eigenvalue weighted by Crippen LogP contribution is 2.40. The Morgan fingerprint density at radius 3 is 1.96 bits per heavy atom. The molecule has 1 fully saturated rings. The molecule has 2 unspecified atom stereocenters. The first-order valence-corrected chi connectivity index (χ1v) is 8.20. The van der Waals surface area contributed by atoms with Crippen LogP contribution < -0.4 is 10.6 Å². The van der Waals surface area contributed by atoms with Crippen LogP contribution in [0.25, 0.3) is 0 Å². The Labute approximate surface area is 142 Å². The summed E-state index contributed by atoms with van der Waals surface area (Å²) >= 11 is 0. The number of nitrogens with one attached hydrogen (secondary N) is 2. The molecule has 0 saturated heterocycles. The van der Waals surface area contributed by atoms with Crippen molar-refractivity contribution in [2.24, 2.45) is 11.8 Å². The van der Waals surface area contributed by atoms with E-state index in [1.807, 2.05) is 63.2 Å². The molecule has 2 aromatic carbocycles. The van der Waals surface area contributed by atoms with Crippen molar-refractivity contribution in [3.63, 3.8) is 0 Å². The molecule has 4 nitrogen and oxygen atoms in total. The summed E-state index contributed by atoms with van der Waals surface area (Å²) in [7, 11) is 0. The van der Waals surface area contributed by atoms with Crippen molar-refractivity contribution in [2.45, 2.75) is 27.2 Å². The van der Waals surface area contributed by atoms with Gasteiger partial charge in [-0.25, -0.2) is 0 Å². The smallest absolute Gasteiger partial charge is 0.228 e. The van der Waals surface area contributed by atoms with Gasteiger partial charge in [-0.15, -0.1) is 0 Å². The predicted octanol–water partition coefficient (Wildman–Crippen LogP) is 3.83. The Morgan fingerprint density at radius 2 is 1.38 bits per heavy atom. The van der Waals surface area contributed by atoms with Gasteiger partial charge in [-0.05, 0) is 50.5 Å². The molecule has 2 N–H and O–H groups in total. The van der Waals surface area contributed by atoms with E-state index in [1.54, 1.807) is 0 Å². The molecule has 1 aliphatic carbocycles. The normalized spacial score (nSPS) is 18.8. The summed E-state index contributed by atoms with van der Waals surface area (Å²) in [6.07, 6.45) is 0.606. The van der Waals surface area contributed by atoms with Crippen LogP contribution >= 0.6 is 0 Å². The van der Waals surface area contributed by atoms with E-state index in [1.165, 1.54) is 0 Å². The van der Waals surface area contributed by atoms with E-state index in [9.17, 15) is 9.59 Å². The molecule has 2 aromatic rings. The van der Waals surface area contributed by atoms with Crippen LogP contribution in [-0.2, 0) is 9.59 Å². The van der Waals surface area contributed by atoms with Gasteiger partial charge in [0.25, 0.3) is 0 Å². The zero-order chi connectivity index (χ0) is 17.3. The fraction of sp³-hybridized carbons (Fsp3) is 0.300. The van der Waals surface area contributed by atoms with E-state index < -0.39 is 0 Å². The number of carbonyl (C=O) groups excluding carboxylic acids is 2. The number of hydrogen-bond donors (Lipinski definition) is 2. The third kappa shape index (κ3) is 3.48. The molecule has 0 heterocycles. The fourth-order valence-corrected chi connectivity index (χ4v) is 2.87. The molecule has 0 aliphatic heterocycles. The molecular formula is C20H22N2O2. The van der Waals surface area contributed by atoms with Crippen molar-refractivity contribution >= 4 is 23.2 Å². The molecule has 0 bridgehead atoms. The van der Waals surface area contributed by atoms with E-state index in [-0.39, 0.29) is 23.7 Å². The molecule has 1 aliphatic rings. The Morgan fingerprint density at radius 1 is 0.833 bits per heavy atom. The van der Waals surface area contributed by atoms with Crippen molar-refractivity contribution in [3.8, 4) is 0 Å². The third-order valence-electron chi connectivity index (χ3n) is 4.51. The standard InChI is InChI=1S/C20H22N2O2/c1-12-7-9-15(10-8-12)21-19(23)16-11-17(16)20(24)22-18-13(2)5-4-6-14(18)3/h4-10,16-17H,11H2,1-3H3,(H,21,23)(H,22,24). The summed E-state index contributed by atoms with van der Waals surface area (Å²) < 4.78 is 0. The van der Waals surface area contributed by atoms with Crippen LogP contribution in [0.4, 0.5) is 11.4 Å². The Hall–Kier alpha value is -2.62. The monoisotopic (exact) mass is 322 g/mol. The van der Waals surface area contributed by atoms with Gasteiger partial charge in [-0.3, -0.25) is 9.59 Å². The minimum absolute atomic E-state index is 0.0727. The maximum absolute atomic E-state index is 12.4. The zero-order valence-corrected chi connectivity index (χ0v) is 14.2. The second kappa shape index (κ2) is 6.48. The number of amides is 2. The molecule has 2 amide bonds. The van der Waals surface area contributed by atoms with Crippen LogP contribution in [0.15, 0.2) is 42.5 Å². The Bertz CT molecular complexity index is 760. The van der Waals surface area contributed by atoms with Gasteiger partial charge in [0, 0.05) is 11.4 Å². The maximum atomic E-state index is 12.4. The van der Waals surface area contributed by atoms with Crippen molar-refractivity contribution in [1.29, 1.82) is 0 Å². The second-order valence-corrected chi connectivity index (χ2v) is 6.56. The predicted molar refractivity (Wildman–Crippen MR) is 96.0 cm³/mol.